The highest BCUT2D eigenvalue weighted by Crippen LogP contribution is 2.37. The lowest BCUT2D eigenvalue weighted by molar-refractivity contribution is 0.284. The zero-order chi connectivity index (χ0) is 15.0. The van der Waals surface area contributed by atoms with Gasteiger partial charge in [0, 0.05) is 6.04 Å². The van der Waals surface area contributed by atoms with Crippen LogP contribution in [0, 0.1) is 0 Å². The Kier molecular flexibility index (Phi) is 8.00. The Labute approximate surface area is 131 Å². The van der Waals surface area contributed by atoms with E-state index in [1.807, 2.05) is 6.07 Å². The summed E-state index contributed by atoms with van der Waals surface area (Å²) in [6.07, 6.45) is 5.25. The molecule has 0 amide bonds. The third kappa shape index (κ3) is 5.33. The Morgan fingerprint density at radius 2 is 2.00 bits per heavy atom. The zero-order valence-electron chi connectivity index (χ0n) is 12.7. The number of methoxy groups -OCH3 is 1. The number of halogens is 1. The minimum atomic E-state index is 0.183. The second-order valence-electron chi connectivity index (χ2n) is 5.04. The maximum absolute atomic E-state index is 6.01. The molecule has 0 aliphatic rings. The number of hydrogen-bond donors (Lipinski definition) is 1. The van der Waals surface area contributed by atoms with Crippen LogP contribution in [0.25, 0.3) is 0 Å². The molecule has 1 atom stereocenters. The normalized spacial score (nSPS) is 12.2. The van der Waals surface area contributed by atoms with E-state index in [-0.39, 0.29) is 6.04 Å². The van der Waals surface area contributed by atoms with E-state index in [9.17, 15) is 0 Å². The van der Waals surface area contributed by atoms with Gasteiger partial charge in [0.2, 0.25) is 0 Å². The number of hydrogen-bond acceptors (Lipinski definition) is 3. The van der Waals surface area contributed by atoms with E-state index in [1.54, 1.807) is 7.11 Å². The van der Waals surface area contributed by atoms with Gasteiger partial charge in [0.25, 0.3) is 0 Å². The van der Waals surface area contributed by atoms with E-state index in [1.165, 1.54) is 18.4 Å². The van der Waals surface area contributed by atoms with Crippen molar-refractivity contribution in [2.45, 2.75) is 52.0 Å². The fraction of sp³-hybridized carbons (Fsp3) is 0.625. The molecule has 0 bridgehead atoms. The standard InChI is InChI=1S/C16H26BrNO2/c1-4-6-7-8-20-16-14(17)10-12(9-13(18)5-2)11-15(16)19-3/h10-11,13H,4-9,18H2,1-3H3. The molecule has 1 rings (SSSR count). The molecule has 0 spiro atoms. The van der Waals surface area contributed by atoms with Gasteiger partial charge in [-0.1, -0.05) is 26.7 Å². The van der Waals surface area contributed by atoms with Gasteiger partial charge in [-0.3, -0.25) is 0 Å². The van der Waals surface area contributed by atoms with Crippen LogP contribution in [0.1, 0.15) is 45.1 Å². The van der Waals surface area contributed by atoms with Crippen LogP contribution in [0.4, 0.5) is 0 Å². The summed E-state index contributed by atoms with van der Waals surface area (Å²) in [7, 11) is 1.67. The van der Waals surface area contributed by atoms with Crippen LogP contribution in [0.5, 0.6) is 11.5 Å². The van der Waals surface area contributed by atoms with Gasteiger partial charge >= 0.3 is 0 Å². The number of benzene rings is 1. The van der Waals surface area contributed by atoms with Crippen molar-refractivity contribution in [3.05, 3.63) is 22.2 Å². The van der Waals surface area contributed by atoms with Crippen molar-refractivity contribution in [1.29, 1.82) is 0 Å². The van der Waals surface area contributed by atoms with Gasteiger partial charge in [0.05, 0.1) is 18.2 Å². The number of nitrogens with two attached hydrogens (primary N) is 1. The largest absolute Gasteiger partial charge is 0.493 e. The summed E-state index contributed by atoms with van der Waals surface area (Å²) in [6.45, 7) is 5.00. The summed E-state index contributed by atoms with van der Waals surface area (Å²) in [5.74, 6) is 1.56. The molecule has 2 N–H and O–H groups in total. The maximum atomic E-state index is 6.01. The minimum Gasteiger partial charge on any atom is -0.493 e. The molecule has 20 heavy (non-hydrogen) atoms. The smallest absolute Gasteiger partial charge is 0.175 e. The van der Waals surface area contributed by atoms with E-state index in [0.29, 0.717) is 0 Å². The predicted molar refractivity (Wildman–Crippen MR) is 87.7 cm³/mol. The average molecular weight is 344 g/mol. The Morgan fingerprint density at radius 1 is 1.25 bits per heavy atom. The third-order valence-electron chi connectivity index (χ3n) is 3.31. The van der Waals surface area contributed by atoms with Gasteiger partial charge in [0.15, 0.2) is 11.5 Å². The lowest BCUT2D eigenvalue weighted by Crippen LogP contribution is -2.21. The van der Waals surface area contributed by atoms with Crippen LogP contribution >= 0.6 is 15.9 Å². The average Bonchev–Trinajstić information content (AvgIpc) is 2.44. The van der Waals surface area contributed by atoms with Crippen LogP contribution in [0.3, 0.4) is 0 Å². The Balaban J connectivity index is 2.79. The van der Waals surface area contributed by atoms with Crippen molar-refractivity contribution in [3.8, 4) is 11.5 Å². The molecular formula is C16H26BrNO2. The molecule has 114 valence electrons. The van der Waals surface area contributed by atoms with Gasteiger partial charge < -0.3 is 15.2 Å². The molecule has 1 aromatic rings. The number of ether oxygens (including phenoxy) is 2. The van der Waals surface area contributed by atoms with Crippen molar-refractivity contribution in [1.82, 2.24) is 0 Å². The minimum absolute atomic E-state index is 0.183. The monoisotopic (exact) mass is 343 g/mol. The first-order chi connectivity index (χ1) is 9.62. The van der Waals surface area contributed by atoms with Gasteiger partial charge in [-0.15, -0.1) is 0 Å². The van der Waals surface area contributed by atoms with Crippen LogP contribution in [-0.4, -0.2) is 19.8 Å². The lowest BCUT2D eigenvalue weighted by atomic mass is 10.0. The fourth-order valence-electron chi connectivity index (χ4n) is 2.00. The summed E-state index contributed by atoms with van der Waals surface area (Å²) < 4.78 is 12.2. The van der Waals surface area contributed by atoms with Crippen molar-refractivity contribution in [2.24, 2.45) is 5.73 Å². The molecule has 0 saturated heterocycles. The summed E-state index contributed by atoms with van der Waals surface area (Å²) >= 11 is 3.57. The molecular weight excluding hydrogens is 318 g/mol. The molecule has 4 heteroatoms. The van der Waals surface area contributed by atoms with E-state index in [2.05, 4.69) is 35.8 Å². The van der Waals surface area contributed by atoms with Crippen LogP contribution < -0.4 is 15.2 Å². The van der Waals surface area contributed by atoms with Gasteiger partial charge in [0.1, 0.15) is 0 Å². The zero-order valence-corrected chi connectivity index (χ0v) is 14.3. The quantitative estimate of drug-likeness (QED) is 0.679. The highest BCUT2D eigenvalue weighted by Gasteiger charge is 2.13. The molecule has 0 aromatic heterocycles. The van der Waals surface area contributed by atoms with E-state index < -0.39 is 0 Å². The van der Waals surface area contributed by atoms with Crippen LogP contribution in [0.15, 0.2) is 16.6 Å². The first-order valence-corrected chi connectivity index (χ1v) is 8.16. The summed E-state index contributed by atoms with van der Waals surface area (Å²) in [5.41, 5.74) is 7.18. The third-order valence-corrected chi connectivity index (χ3v) is 3.89. The number of unbranched alkanes of at least 4 members (excludes halogenated alkanes) is 2. The molecule has 0 fully saturated rings. The van der Waals surface area contributed by atoms with Crippen molar-refractivity contribution >= 4 is 15.9 Å². The molecule has 0 heterocycles. The Bertz CT molecular complexity index is 410. The fourth-order valence-corrected chi connectivity index (χ4v) is 2.61. The molecule has 1 unspecified atom stereocenters. The molecule has 0 aliphatic heterocycles. The second-order valence-corrected chi connectivity index (χ2v) is 5.89. The lowest BCUT2D eigenvalue weighted by Gasteiger charge is -2.16. The molecule has 1 aromatic carbocycles. The van der Waals surface area contributed by atoms with Crippen LogP contribution in [0.2, 0.25) is 0 Å². The first-order valence-electron chi connectivity index (χ1n) is 7.37. The predicted octanol–water partition coefficient (Wildman–Crippen LogP) is 4.31. The topological polar surface area (TPSA) is 44.5 Å². The molecule has 3 nitrogen and oxygen atoms in total. The van der Waals surface area contributed by atoms with E-state index in [4.69, 9.17) is 15.2 Å². The Morgan fingerprint density at radius 3 is 2.60 bits per heavy atom. The first kappa shape index (κ1) is 17.3. The molecule has 0 radical (unpaired) electrons. The van der Waals surface area contributed by atoms with Crippen molar-refractivity contribution < 1.29 is 9.47 Å². The van der Waals surface area contributed by atoms with Gasteiger partial charge in [-0.25, -0.2) is 0 Å². The SMILES string of the molecule is CCCCCOc1c(Br)cc(CC(N)CC)cc1OC. The summed E-state index contributed by atoms with van der Waals surface area (Å²) in [6, 6.07) is 4.28. The molecule has 0 aliphatic carbocycles. The summed E-state index contributed by atoms with van der Waals surface area (Å²) in [5, 5.41) is 0. The highest BCUT2D eigenvalue weighted by molar-refractivity contribution is 9.10. The van der Waals surface area contributed by atoms with E-state index >= 15 is 0 Å². The maximum Gasteiger partial charge on any atom is 0.175 e. The van der Waals surface area contributed by atoms with Crippen molar-refractivity contribution in [3.63, 3.8) is 0 Å². The van der Waals surface area contributed by atoms with Crippen molar-refractivity contribution in [2.75, 3.05) is 13.7 Å². The van der Waals surface area contributed by atoms with Crippen LogP contribution in [-0.2, 0) is 6.42 Å². The highest BCUT2D eigenvalue weighted by atomic mass is 79.9. The second kappa shape index (κ2) is 9.24. The summed E-state index contributed by atoms with van der Waals surface area (Å²) in [4.78, 5) is 0. The number of rotatable bonds is 9. The van der Waals surface area contributed by atoms with Gasteiger partial charge in [-0.2, -0.15) is 0 Å². The Hall–Kier alpha value is -0.740. The van der Waals surface area contributed by atoms with E-state index in [0.717, 1.165) is 41.8 Å². The molecule has 0 saturated carbocycles. The van der Waals surface area contributed by atoms with Gasteiger partial charge in [-0.05, 0) is 52.9 Å².